The molecule has 1 aromatic rings. The highest BCUT2D eigenvalue weighted by molar-refractivity contribution is 5.93. The van der Waals surface area contributed by atoms with E-state index in [0.717, 1.165) is 25.1 Å². The number of ether oxygens (including phenoxy) is 1. The van der Waals surface area contributed by atoms with E-state index in [2.05, 4.69) is 15.3 Å². The lowest BCUT2D eigenvalue weighted by atomic mass is 10.2. The van der Waals surface area contributed by atoms with Crippen LogP contribution in [-0.4, -0.2) is 77.0 Å². The summed E-state index contributed by atoms with van der Waals surface area (Å²) in [6, 6.07) is 1.71. The lowest BCUT2D eigenvalue weighted by Crippen LogP contribution is -2.50. The highest BCUT2D eigenvalue weighted by atomic mass is 16.5. The SMILES string of the molecule is CC(=O)N1CCN(C(=O)c2cc(C)nc(NCC3CCCO3)n2)CC1. The summed E-state index contributed by atoms with van der Waals surface area (Å²) in [5.74, 6) is 0.390. The lowest BCUT2D eigenvalue weighted by Gasteiger charge is -2.34. The molecule has 2 aliphatic heterocycles. The molecule has 1 unspecified atom stereocenters. The van der Waals surface area contributed by atoms with E-state index >= 15 is 0 Å². The van der Waals surface area contributed by atoms with Crippen LogP contribution in [0.1, 0.15) is 35.9 Å². The molecule has 1 aromatic heterocycles. The van der Waals surface area contributed by atoms with Gasteiger partial charge in [-0.1, -0.05) is 0 Å². The van der Waals surface area contributed by atoms with Crippen molar-refractivity contribution in [2.45, 2.75) is 32.8 Å². The van der Waals surface area contributed by atoms with Gasteiger partial charge in [0, 0.05) is 51.9 Å². The Kier molecular flexibility index (Phi) is 5.47. The third kappa shape index (κ3) is 4.45. The standard InChI is InChI=1S/C17H25N5O3/c1-12-10-15(16(24)22-7-5-21(6-8-22)13(2)23)20-17(19-12)18-11-14-4-3-9-25-14/h10,14H,3-9,11H2,1-2H3,(H,18,19,20). The van der Waals surface area contributed by atoms with E-state index in [4.69, 9.17) is 4.74 Å². The van der Waals surface area contributed by atoms with Gasteiger partial charge >= 0.3 is 0 Å². The molecule has 0 aliphatic carbocycles. The number of carbonyl (C=O) groups excluding carboxylic acids is 2. The van der Waals surface area contributed by atoms with Crippen LogP contribution >= 0.6 is 0 Å². The zero-order chi connectivity index (χ0) is 17.8. The Morgan fingerprint density at radius 1 is 1.24 bits per heavy atom. The molecule has 0 bridgehead atoms. The zero-order valence-corrected chi connectivity index (χ0v) is 14.8. The van der Waals surface area contributed by atoms with E-state index in [9.17, 15) is 9.59 Å². The summed E-state index contributed by atoms with van der Waals surface area (Å²) in [6.07, 6.45) is 2.30. The maximum atomic E-state index is 12.7. The van der Waals surface area contributed by atoms with Crippen LogP contribution in [0, 0.1) is 6.92 Å². The van der Waals surface area contributed by atoms with Gasteiger partial charge in [-0.25, -0.2) is 9.97 Å². The van der Waals surface area contributed by atoms with Crippen molar-refractivity contribution in [3.05, 3.63) is 17.5 Å². The number of amides is 2. The third-order valence-electron chi connectivity index (χ3n) is 4.60. The highest BCUT2D eigenvalue weighted by Gasteiger charge is 2.25. The van der Waals surface area contributed by atoms with E-state index in [1.807, 2.05) is 6.92 Å². The summed E-state index contributed by atoms with van der Waals surface area (Å²) in [6.45, 7) is 7.04. The first kappa shape index (κ1) is 17.6. The quantitative estimate of drug-likeness (QED) is 0.862. The van der Waals surface area contributed by atoms with E-state index in [0.29, 0.717) is 44.4 Å². The summed E-state index contributed by atoms with van der Waals surface area (Å²) >= 11 is 0. The molecule has 2 amide bonds. The number of hydrogen-bond donors (Lipinski definition) is 1. The minimum Gasteiger partial charge on any atom is -0.376 e. The van der Waals surface area contributed by atoms with Crippen LogP contribution in [0.3, 0.4) is 0 Å². The molecule has 1 atom stereocenters. The molecular formula is C17H25N5O3. The Morgan fingerprint density at radius 3 is 2.60 bits per heavy atom. The largest absolute Gasteiger partial charge is 0.376 e. The minimum absolute atomic E-state index is 0.0468. The van der Waals surface area contributed by atoms with Crippen LogP contribution in [0.2, 0.25) is 0 Å². The predicted molar refractivity (Wildman–Crippen MR) is 92.4 cm³/mol. The van der Waals surface area contributed by atoms with Crippen molar-refractivity contribution in [2.24, 2.45) is 0 Å². The highest BCUT2D eigenvalue weighted by Crippen LogP contribution is 2.14. The Morgan fingerprint density at radius 2 is 1.96 bits per heavy atom. The number of piperazine rings is 1. The number of carbonyl (C=O) groups is 2. The minimum atomic E-state index is -0.117. The molecule has 136 valence electrons. The molecule has 8 nitrogen and oxygen atoms in total. The van der Waals surface area contributed by atoms with Gasteiger partial charge in [-0.3, -0.25) is 9.59 Å². The predicted octanol–water partition coefficient (Wildman–Crippen LogP) is 0.680. The van der Waals surface area contributed by atoms with Crippen molar-refractivity contribution in [3.8, 4) is 0 Å². The monoisotopic (exact) mass is 347 g/mol. The van der Waals surface area contributed by atoms with E-state index in [-0.39, 0.29) is 17.9 Å². The van der Waals surface area contributed by atoms with Crippen LogP contribution in [0.25, 0.3) is 0 Å². The first-order valence-electron chi connectivity index (χ1n) is 8.79. The number of hydrogen-bond acceptors (Lipinski definition) is 6. The first-order valence-corrected chi connectivity index (χ1v) is 8.79. The van der Waals surface area contributed by atoms with Crippen molar-refractivity contribution in [1.82, 2.24) is 19.8 Å². The smallest absolute Gasteiger partial charge is 0.272 e. The normalized spacial score (nSPS) is 20.6. The second kappa shape index (κ2) is 7.77. The summed E-state index contributed by atoms with van der Waals surface area (Å²) in [5.41, 5.74) is 1.13. The van der Waals surface area contributed by atoms with E-state index in [1.54, 1.807) is 22.8 Å². The molecule has 1 N–H and O–H groups in total. The fourth-order valence-electron chi connectivity index (χ4n) is 3.15. The van der Waals surface area contributed by atoms with Crippen LogP contribution in [0.15, 0.2) is 6.07 Å². The lowest BCUT2D eigenvalue weighted by molar-refractivity contribution is -0.130. The van der Waals surface area contributed by atoms with Crippen LogP contribution in [0.5, 0.6) is 0 Å². The number of anilines is 1. The van der Waals surface area contributed by atoms with Gasteiger partial charge in [-0.2, -0.15) is 0 Å². The molecular weight excluding hydrogens is 322 g/mol. The van der Waals surface area contributed by atoms with Gasteiger partial charge < -0.3 is 19.9 Å². The summed E-state index contributed by atoms with van der Waals surface area (Å²) in [4.78, 5) is 36.3. The molecule has 0 aromatic carbocycles. The molecule has 3 rings (SSSR count). The summed E-state index contributed by atoms with van der Waals surface area (Å²) < 4.78 is 5.58. The second-order valence-electron chi connectivity index (χ2n) is 6.53. The van der Waals surface area contributed by atoms with Crippen LogP contribution < -0.4 is 5.32 Å². The van der Waals surface area contributed by atoms with Crippen molar-refractivity contribution in [3.63, 3.8) is 0 Å². The zero-order valence-electron chi connectivity index (χ0n) is 14.8. The van der Waals surface area contributed by atoms with Gasteiger partial charge in [0.2, 0.25) is 11.9 Å². The Bertz CT molecular complexity index is 637. The average Bonchev–Trinajstić information content (AvgIpc) is 3.12. The molecule has 3 heterocycles. The van der Waals surface area contributed by atoms with Crippen molar-refractivity contribution in [2.75, 3.05) is 44.6 Å². The van der Waals surface area contributed by atoms with Crippen molar-refractivity contribution < 1.29 is 14.3 Å². The number of nitrogens with zero attached hydrogens (tertiary/aromatic N) is 4. The molecule has 8 heteroatoms. The van der Waals surface area contributed by atoms with E-state index in [1.165, 1.54) is 0 Å². The number of aromatic nitrogens is 2. The average molecular weight is 347 g/mol. The molecule has 2 saturated heterocycles. The van der Waals surface area contributed by atoms with Gasteiger partial charge in [0.1, 0.15) is 5.69 Å². The van der Waals surface area contributed by atoms with Crippen LogP contribution in [0.4, 0.5) is 5.95 Å². The Balaban J connectivity index is 1.63. The molecule has 2 aliphatic rings. The Labute approximate surface area is 147 Å². The molecule has 2 fully saturated rings. The second-order valence-corrected chi connectivity index (χ2v) is 6.53. The fourth-order valence-corrected chi connectivity index (χ4v) is 3.15. The molecule has 0 spiro atoms. The Hall–Kier alpha value is -2.22. The van der Waals surface area contributed by atoms with E-state index < -0.39 is 0 Å². The van der Waals surface area contributed by atoms with Gasteiger partial charge in [-0.15, -0.1) is 0 Å². The molecule has 25 heavy (non-hydrogen) atoms. The fraction of sp³-hybridized carbons (Fsp3) is 0.647. The van der Waals surface area contributed by atoms with Crippen molar-refractivity contribution in [1.29, 1.82) is 0 Å². The topological polar surface area (TPSA) is 87.7 Å². The van der Waals surface area contributed by atoms with Gasteiger partial charge in [0.15, 0.2) is 0 Å². The third-order valence-corrected chi connectivity index (χ3v) is 4.60. The van der Waals surface area contributed by atoms with Gasteiger partial charge in [-0.05, 0) is 25.8 Å². The van der Waals surface area contributed by atoms with Crippen LogP contribution in [-0.2, 0) is 9.53 Å². The maximum Gasteiger partial charge on any atom is 0.272 e. The van der Waals surface area contributed by atoms with Crippen molar-refractivity contribution >= 4 is 17.8 Å². The summed E-state index contributed by atoms with van der Waals surface area (Å²) in [5, 5.41) is 3.18. The van der Waals surface area contributed by atoms with Gasteiger partial charge in [0.25, 0.3) is 5.91 Å². The summed E-state index contributed by atoms with van der Waals surface area (Å²) in [7, 11) is 0. The number of rotatable bonds is 4. The number of nitrogens with one attached hydrogen (secondary N) is 1. The van der Waals surface area contributed by atoms with Gasteiger partial charge in [0.05, 0.1) is 6.10 Å². The first-order chi connectivity index (χ1) is 12.0. The number of aryl methyl sites for hydroxylation is 1. The maximum absolute atomic E-state index is 12.7. The molecule has 0 saturated carbocycles. The molecule has 0 radical (unpaired) electrons.